The SMILES string of the molecule is CCCC(C)(N)C(=O)NC1COc2ccccc2C1.Cl. The molecule has 0 aromatic heterocycles. The second kappa shape index (κ2) is 6.95. The Bertz CT molecular complexity index is 463. The van der Waals surface area contributed by atoms with Crippen LogP contribution in [-0.2, 0) is 11.2 Å². The molecule has 3 N–H and O–H groups in total. The number of fused-ring (bicyclic) bond motifs is 1. The van der Waals surface area contributed by atoms with Crippen LogP contribution < -0.4 is 15.8 Å². The smallest absolute Gasteiger partial charge is 0.240 e. The molecule has 1 aromatic carbocycles. The number of carbonyl (C=O) groups is 1. The van der Waals surface area contributed by atoms with Gasteiger partial charge in [0.25, 0.3) is 0 Å². The number of rotatable bonds is 4. The second-order valence-corrected chi connectivity index (χ2v) is 5.46. The summed E-state index contributed by atoms with van der Waals surface area (Å²) >= 11 is 0. The van der Waals surface area contributed by atoms with Crippen LogP contribution in [0.15, 0.2) is 24.3 Å². The number of nitrogens with two attached hydrogens (primary N) is 1. The van der Waals surface area contributed by atoms with Crippen LogP contribution in [0.3, 0.4) is 0 Å². The average Bonchev–Trinajstić information content (AvgIpc) is 2.38. The molecule has 112 valence electrons. The Hall–Kier alpha value is -1.26. The Morgan fingerprint density at radius 2 is 2.20 bits per heavy atom. The zero-order chi connectivity index (χ0) is 13.9. The van der Waals surface area contributed by atoms with Crippen LogP contribution in [0, 0.1) is 0 Å². The highest BCUT2D eigenvalue weighted by atomic mass is 35.5. The predicted octanol–water partition coefficient (Wildman–Crippen LogP) is 2.05. The fraction of sp³-hybridized carbons (Fsp3) is 0.533. The lowest BCUT2D eigenvalue weighted by Crippen LogP contribution is -2.56. The van der Waals surface area contributed by atoms with E-state index >= 15 is 0 Å². The molecule has 1 amide bonds. The van der Waals surface area contributed by atoms with Crippen LogP contribution in [-0.4, -0.2) is 24.1 Å². The number of nitrogens with one attached hydrogen (secondary N) is 1. The largest absolute Gasteiger partial charge is 0.491 e. The van der Waals surface area contributed by atoms with Gasteiger partial charge in [0.2, 0.25) is 5.91 Å². The Kier molecular flexibility index (Phi) is 5.84. The van der Waals surface area contributed by atoms with E-state index in [0.717, 1.165) is 24.2 Å². The number of hydrogen-bond donors (Lipinski definition) is 2. The minimum atomic E-state index is -0.800. The summed E-state index contributed by atoms with van der Waals surface area (Å²) in [4.78, 5) is 12.1. The second-order valence-electron chi connectivity index (χ2n) is 5.46. The molecule has 1 aromatic rings. The van der Waals surface area contributed by atoms with E-state index in [4.69, 9.17) is 10.5 Å². The van der Waals surface area contributed by atoms with Gasteiger partial charge in [-0.25, -0.2) is 0 Å². The van der Waals surface area contributed by atoms with Crippen molar-refractivity contribution in [2.45, 2.75) is 44.7 Å². The van der Waals surface area contributed by atoms with E-state index in [9.17, 15) is 4.79 Å². The van der Waals surface area contributed by atoms with Crippen LogP contribution in [0.2, 0.25) is 0 Å². The third kappa shape index (κ3) is 3.87. The molecule has 2 unspecified atom stereocenters. The Balaban J connectivity index is 0.00000200. The summed E-state index contributed by atoms with van der Waals surface area (Å²) in [6, 6.07) is 7.92. The highest BCUT2D eigenvalue weighted by Gasteiger charge is 2.30. The zero-order valence-corrected chi connectivity index (χ0v) is 12.8. The molecule has 0 saturated carbocycles. The van der Waals surface area contributed by atoms with Crippen molar-refractivity contribution in [1.29, 1.82) is 0 Å². The van der Waals surface area contributed by atoms with Gasteiger partial charge in [-0.1, -0.05) is 31.5 Å². The first-order chi connectivity index (χ1) is 9.03. The normalized spacial score (nSPS) is 19.9. The summed E-state index contributed by atoms with van der Waals surface area (Å²) in [6.45, 7) is 4.31. The summed E-state index contributed by atoms with van der Waals surface area (Å²) in [6.07, 6.45) is 2.37. The lowest BCUT2D eigenvalue weighted by molar-refractivity contribution is -0.127. The summed E-state index contributed by atoms with van der Waals surface area (Å²) in [5.41, 5.74) is 6.36. The highest BCUT2D eigenvalue weighted by Crippen LogP contribution is 2.24. The first-order valence-corrected chi connectivity index (χ1v) is 6.83. The van der Waals surface area contributed by atoms with Gasteiger partial charge in [-0.2, -0.15) is 0 Å². The lowest BCUT2D eigenvalue weighted by Gasteiger charge is -2.30. The predicted molar refractivity (Wildman–Crippen MR) is 82.3 cm³/mol. The number of benzene rings is 1. The summed E-state index contributed by atoms with van der Waals surface area (Å²) < 4.78 is 5.65. The third-order valence-electron chi connectivity index (χ3n) is 3.50. The van der Waals surface area contributed by atoms with Gasteiger partial charge in [-0.3, -0.25) is 4.79 Å². The molecule has 4 nitrogen and oxygen atoms in total. The quantitative estimate of drug-likeness (QED) is 0.894. The molecule has 0 bridgehead atoms. The lowest BCUT2D eigenvalue weighted by atomic mass is 9.95. The Morgan fingerprint density at radius 3 is 2.90 bits per heavy atom. The number of ether oxygens (including phenoxy) is 1. The first-order valence-electron chi connectivity index (χ1n) is 6.83. The van der Waals surface area contributed by atoms with Crippen LogP contribution in [0.5, 0.6) is 5.75 Å². The number of para-hydroxylation sites is 1. The summed E-state index contributed by atoms with van der Waals surface area (Å²) in [5, 5.41) is 3.00. The van der Waals surface area contributed by atoms with Gasteiger partial charge in [0.1, 0.15) is 12.4 Å². The standard InChI is InChI=1S/C15H22N2O2.ClH/c1-3-8-15(2,16)14(18)17-12-9-11-6-4-5-7-13(11)19-10-12;/h4-7,12H,3,8-10,16H2,1-2H3,(H,17,18);1H. The molecule has 0 aliphatic carbocycles. The molecule has 0 spiro atoms. The van der Waals surface area contributed by atoms with Crippen molar-refractivity contribution in [3.05, 3.63) is 29.8 Å². The van der Waals surface area contributed by atoms with Crippen LogP contribution >= 0.6 is 12.4 Å². The fourth-order valence-electron chi connectivity index (χ4n) is 2.40. The Morgan fingerprint density at radius 1 is 1.50 bits per heavy atom. The van der Waals surface area contributed by atoms with Crippen LogP contribution in [0.4, 0.5) is 0 Å². The number of halogens is 1. The maximum absolute atomic E-state index is 12.1. The van der Waals surface area contributed by atoms with E-state index in [1.807, 2.05) is 31.2 Å². The van der Waals surface area contributed by atoms with Crippen molar-refractivity contribution in [1.82, 2.24) is 5.32 Å². The minimum Gasteiger partial charge on any atom is -0.491 e. The molecule has 2 atom stereocenters. The highest BCUT2D eigenvalue weighted by molar-refractivity contribution is 5.86. The van der Waals surface area contributed by atoms with Crippen molar-refractivity contribution in [3.63, 3.8) is 0 Å². The van der Waals surface area contributed by atoms with Gasteiger partial charge in [0.15, 0.2) is 0 Å². The topological polar surface area (TPSA) is 64.4 Å². The number of hydrogen-bond acceptors (Lipinski definition) is 3. The van der Waals surface area contributed by atoms with Gasteiger partial charge in [0.05, 0.1) is 11.6 Å². The number of amides is 1. The Labute approximate surface area is 126 Å². The average molecular weight is 299 g/mol. The van der Waals surface area contributed by atoms with Gasteiger partial charge in [-0.15, -0.1) is 12.4 Å². The molecular weight excluding hydrogens is 276 g/mol. The van der Waals surface area contributed by atoms with Gasteiger partial charge in [0, 0.05) is 0 Å². The number of carbonyl (C=O) groups excluding carboxylic acids is 1. The van der Waals surface area contributed by atoms with E-state index in [2.05, 4.69) is 5.32 Å². The molecule has 1 aliphatic heterocycles. The monoisotopic (exact) mass is 298 g/mol. The van der Waals surface area contributed by atoms with E-state index in [1.165, 1.54) is 0 Å². The maximum atomic E-state index is 12.1. The van der Waals surface area contributed by atoms with E-state index < -0.39 is 5.54 Å². The van der Waals surface area contributed by atoms with Crippen LogP contribution in [0.25, 0.3) is 0 Å². The van der Waals surface area contributed by atoms with Crippen molar-refractivity contribution >= 4 is 18.3 Å². The van der Waals surface area contributed by atoms with E-state index in [0.29, 0.717) is 13.0 Å². The minimum absolute atomic E-state index is 0. The van der Waals surface area contributed by atoms with Gasteiger partial charge in [-0.05, 0) is 31.4 Å². The fourth-order valence-corrected chi connectivity index (χ4v) is 2.40. The molecule has 0 fully saturated rings. The molecule has 1 heterocycles. The van der Waals surface area contributed by atoms with E-state index in [-0.39, 0.29) is 24.4 Å². The third-order valence-corrected chi connectivity index (χ3v) is 3.50. The zero-order valence-electron chi connectivity index (χ0n) is 12.0. The maximum Gasteiger partial charge on any atom is 0.240 e. The molecule has 0 saturated heterocycles. The molecule has 2 rings (SSSR count). The molecule has 20 heavy (non-hydrogen) atoms. The molecule has 5 heteroatoms. The van der Waals surface area contributed by atoms with Gasteiger partial charge >= 0.3 is 0 Å². The van der Waals surface area contributed by atoms with Crippen LogP contribution in [0.1, 0.15) is 32.3 Å². The van der Waals surface area contributed by atoms with Crippen molar-refractivity contribution in [3.8, 4) is 5.75 Å². The molecule has 1 aliphatic rings. The van der Waals surface area contributed by atoms with Crippen molar-refractivity contribution in [2.75, 3.05) is 6.61 Å². The van der Waals surface area contributed by atoms with Crippen molar-refractivity contribution in [2.24, 2.45) is 5.73 Å². The molecular formula is C15H23ClN2O2. The van der Waals surface area contributed by atoms with E-state index in [1.54, 1.807) is 6.92 Å². The van der Waals surface area contributed by atoms with Crippen molar-refractivity contribution < 1.29 is 9.53 Å². The van der Waals surface area contributed by atoms with Gasteiger partial charge < -0.3 is 15.8 Å². The summed E-state index contributed by atoms with van der Waals surface area (Å²) in [7, 11) is 0. The summed E-state index contributed by atoms with van der Waals surface area (Å²) in [5.74, 6) is 0.819. The first kappa shape index (κ1) is 16.8. The molecule has 0 radical (unpaired) electrons.